The van der Waals surface area contributed by atoms with Gasteiger partial charge in [0.05, 0.1) is 24.8 Å². The zero-order valence-corrected chi connectivity index (χ0v) is 26.3. The molecule has 1 N–H and O–H groups in total. The molecule has 0 heterocycles. The average molecular weight is 608 g/mol. The van der Waals surface area contributed by atoms with Gasteiger partial charge in [-0.15, -0.1) is 0 Å². The molecule has 2 amide bonds. The van der Waals surface area contributed by atoms with Gasteiger partial charge in [-0.2, -0.15) is 0 Å². The molecule has 1 saturated carbocycles. The van der Waals surface area contributed by atoms with Crippen molar-refractivity contribution in [3.05, 3.63) is 83.4 Å². The number of rotatable bonds is 12. The molecule has 0 unspecified atom stereocenters. The lowest BCUT2D eigenvalue weighted by Gasteiger charge is -2.32. The maximum atomic E-state index is 14.2. The van der Waals surface area contributed by atoms with Crippen LogP contribution >= 0.6 is 0 Å². The van der Waals surface area contributed by atoms with E-state index in [9.17, 15) is 18.0 Å². The summed E-state index contributed by atoms with van der Waals surface area (Å²) in [5.41, 5.74) is 3.03. The Morgan fingerprint density at radius 3 is 2.05 bits per heavy atom. The molecule has 4 rings (SSSR count). The van der Waals surface area contributed by atoms with Crippen LogP contribution in [0.2, 0.25) is 0 Å². The second kappa shape index (κ2) is 13.9. The van der Waals surface area contributed by atoms with Gasteiger partial charge in [0.2, 0.25) is 11.8 Å². The predicted molar refractivity (Wildman–Crippen MR) is 167 cm³/mol. The van der Waals surface area contributed by atoms with Crippen LogP contribution < -0.4 is 19.1 Å². The number of carbonyl (C=O) groups is 2. The minimum atomic E-state index is -4.20. The second-order valence-electron chi connectivity index (χ2n) is 11.0. The van der Waals surface area contributed by atoms with E-state index in [4.69, 9.17) is 9.47 Å². The van der Waals surface area contributed by atoms with Gasteiger partial charge in [-0.05, 0) is 63.4 Å². The first-order chi connectivity index (χ1) is 20.5. The van der Waals surface area contributed by atoms with Gasteiger partial charge in [-0.25, -0.2) is 8.42 Å². The Balaban J connectivity index is 1.72. The Labute approximate surface area is 254 Å². The Bertz CT molecular complexity index is 1520. The molecule has 1 aliphatic rings. The summed E-state index contributed by atoms with van der Waals surface area (Å²) >= 11 is 0. The fraction of sp³-hybridized carbons (Fsp3) is 0.394. The molecular weight excluding hydrogens is 566 g/mol. The molecule has 0 spiro atoms. The summed E-state index contributed by atoms with van der Waals surface area (Å²) < 4.78 is 40.0. The maximum Gasteiger partial charge on any atom is 0.264 e. The monoisotopic (exact) mass is 607 g/mol. The number of anilines is 1. The summed E-state index contributed by atoms with van der Waals surface area (Å²) in [6.07, 6.45) is 3.93. The Hall–Kier alpha value is -4.05. The molecule has 0 saturated heterocycles. The SMILES string of the molecule is COc1ccc(N(CC(=O)N(Cc2ccc(C)cc2)[C@H](C)C(=O)NC2CCCC2)S(=O)(=O)c2ccc(C)cc2)cc1OC. The molecule has 0 radical (unpaired) electrons. The van der Waals surface area contributed by atoms with Crippen molar-refractivity contribution in [1.82, 2.24) is 10.2 Å². The zero-order chi connectivity index (χ0) is 31.1. The van der Waals surface area contributed by atoms with Gasteiger partial charge in [-0.1, -0.05) is 60.4 Å². The van der Waals surface area contributed by atoms with E-state index < -0.39 is 28.5 Å². The maximum absolute atomic E-state index is 14.2. The van der Waals surface area contributed by atoms with E-state index in [2.05, 4.69) is 5.32 Å². The normalized spacial score (nSPS) is 14.2. The fourth-order valence-corrected chi connectivity index (χ4v) is 6.62. The van der Waals surface area contributed by atoms with Crippen LogP contribution in [0, 0.1) is 13.8 Å². The summed E-state index contributed by atoms with van der Waals surface area (Å²) in [6.45, 7) is 5.14. The average Bonchev–Trinajstić information content (AvgIpc) is 3.52. The third kappa shape index (κ3) is 7.67. The van der Waals surface area contributed by atoms with Crippen LogP contribution in [0.5, 0.6) is 11.5 Å². The molecule has 0 aliphatic heterocycles. The quantitative estimate of drug-likeness (QED) is 0.311. The second-order valence-corrected chi connectivity index (χ2v) is 12.9. The summed E-state index contributed by atoms with van der Waals surface area (Å²) in [4.78, 5) is 29.0. The first-order valence-electron chi connectivity index (χ1n) is 14.5. The van der Waals surface area contributed by atoms with Crippen LogP contribution in [-0.4, -0.2) is 58.0 Å². The van der Waals surface area contributed by atoms with Crippen molar-refractivity contribution in [2.45, 2.75) is 70.0 Å². The van der Waals surface area contributed by atoms with Gasteiger partial charge in [-0.3, -0.25) is 13.9 Å². The number of aryl methyl sites for hydroxylation is 2. The van der Waals surface area contributed by atoms with E-state index in [1.807, 2.05) is 38.1 Å². The topological polar surface area (TPSA) is 105 Å². The van der Waals surface area contributed by atoms with Crippen LogP contribution in [-0.2, 0) is 26.2 Å². The fourth-order valence-electron chi connectivity index (χ4n) is 5.21. The lowest BCUT2D eigenvalue weighted by Crippen LogP contribution is -2.52. The predicted octanol–water partition coefficient (Wildman–Crippen LogP) is 4.99. The molecular formula is C33H41N3O6S. The number of benzene rings is 3. The van der Waals surface area contributed by atoms with E-state index in [-0.39, 0.29) is 29.1 Å². The molecule has 10 heteroatoms. The number of ether oxygens (including phenoxy) is 2. The number of sulfonamides is 1. The largest absolute Gasteiger partial charge is 0.493 e. The molecule has 1 aliphatic carbocycles. The summed E-state index contributed by atoms with van der Waals surface area (Å²) in [5, 5.41) is 3.09. The number of hydrogen-bond donors (Lipinski definition) is 1. The number of nitrogens with one attached hydrogen (secondary N) is 1. The highest BCUT2D eigenvalue weighted by Crippen LogP contribution is 2.34. The van der Waals surface area contributed by atoms with Crippen molar-refractivity contribution in [3.8, 4) is 11.5 Å². The van der Waals surface area contributed by atoms with Crippen molar-refractivity contribution >= 4 is 27.5 Å². The number of amides is 2. The van der Waals surface area contributed by atoms with Gasteiger partial charge in [0.1, 0.15) is 12.6 Å². The first-order valence-corrected chi connectivity index (χ1v) is 15.9. The first kappa shape index (κ1) is 31.9. The molecule has 3 aromatic rings. The summed E-state index contributed by atoms with van der Waals surface area (Å²) in [7, 11) is -1.25. The van der Waals surface area contributed by atoms with Crippen molar-refractivity contribution in [3.63, 3.8) is 0 Å². The van der Waals surface area contributed by atoms with E-state index in [1.165, 1.54) is 37.3 Å². The number of nitrogens with zero attached hydrogens (tertiary/aromatic N) is 2. The highest BCUT2D eigenvalue weighted by Gasteiger charge is 2.33. The summed E-state index contributed by atoms with van der Waals surface area (Å²) in [6, 6.07) is 18.1. The molecule has 1 fully saturated rings. The van der Waals surface area contributed by atoms with Crippen LogP contribution in [0.3, 0.4) is 0 Å². The highest BCUT2D eigenvalue weighted by molar-refractivity contribution is 7.92. The Morgan fingerprint density at radius 2 is 1.47 bits per heavy atom. The van der Waals surface area contributed by atoms with E-state index in [1.54, 1.807) is 31.2 Å². The molecule has 9 nitrogen and oxygen atoms in total. The molecule has 0 bridgehead atoms. The molecule has 0 aromatic heterocycles. The lowest BCUT2D eigenvalue weighted by molar-refractivity contribution is -0.139. The minimum absolute atomic E-state index is 0.0396. The Morgan fingerprint density at radius 1 is 0.884 bits per heavy atom. The van der Waals surface area contributed by atoms with Crippen LogP contribution in [0.25, 0.3) is 0 Å². The van der Waals surface area contributed by atoms with Crippen molar-refractivity contribution < 1.29 is 27.5 Å². The summed E-state index contributed by atoms with van der Waals surface area (Å²) in [5.74, 6) is -0.0348. The van der Waals surface area contributed by atoms with Gasteiger partial charge < -0.3 is 19.7 Å². The zero-order valence-electron chi connectivity index (χ0n) is 25.5. The molecule has 230 valence electrons. The van der Waals surface area contributed by atoms with E-state index in [0.717, 1.165) is 46.7 Å². The van der Waals surface area contributed by atoms with Gasteiger partial charge in [0.25, 0.3) is 10.0 Å². The molecule has 1 atom stereocenters. The van der Waals surface area contributed by atoms with Crippen LogP contribution in [0.4, 0.5) is 5.69 Å². The minimum Gasteiger partial charge on any atom is -0.493 e. The van der Waals surface area contributed by atoms with Gasteiger partial charge in [0, 0.05) is 18.7 Å². The third-order valence-electron chi connectivity index (χ3n) is 7.89. The number of methoxy groups -OCH3 is 2. The van der Waals surface area contributed by atoms with Crippen LogP contribution in [0.15, 0.2) is 71.6 Å². The van der Waals surface area contributed by atoms with Crippen molar-refractivity contribution in [2.75, 3.05) is 25.1 Å². The van der Waals surface area contributed by atoms with Gasteiger partial charge in [0.15, 0.2) is 11.5 Å². The van der Waals surface area contributed by atoms with Crippen LogP contribution in [0.1, 0.15) is 49.3 Å². The third-order valence-corrected chi connectivity index (χ3v) is 9.67. The standard InChI is InChI=1S/C33H41N3O6S/c1-23-10-14-26(15-11-23)21-35(25(3)33(38)34-27-8-6-7-9-27)32(37)22-36(28-16-19-30(41-4)31(20-28)42-5)43(39,40)29-17-12-24(2)13-18-29/h10-20,25,27H,6-9,21-22H2,1-5H3,(H,34,38)/t25-/m1/s1. The Kier molecular flexibility index (Phi) is 10.3. The van der Waals surface area contributed by atoms with E-state index in [0.29, 0.717) is 11.5 Å². The lowest BCUT2D eigenvalue weighted by atomic mass is 10.1. The van der Waals surface area contributed by atoms with Gasteiger partial charge >= 0.3 is 0 Å². The highest BCUT2D eigenvalue weighted by atomic mass is 32.2. The van der Waals surface area contributed by atoms with Crippen molar-refractivity contribution in [2.24, 2.45) is 0 Å². The number of hydrogen-bond acceptors (Lipinski definition) is 6. The molecule has 43 heavy (non-hydrogen) atoms. The van der Waals surface area contributed by atoms with E-state index >= 15 is 0 Å². The smallest absolute Gasteiger partial charge is 0.264 e. The molecule has 3 aromatic carbocycles. The number of carbonyl (C=O) groups excluding carboxylic acids is 2. The van der Waals surface area contributed by atoms with Crippen molar-refractivity contribution in [1.29, 1.82) is 0 Å².